The number of ether oxygens (including phenoxy) is 1. The van der Waals surface area contributed by atoms with Gasteiger partial charge in [0.25, 0.3) is 5.91 Å². The Hall–Kier alpha value is -3.55. The molecule has 2 N–H and O–H groups in total. The van der Waals surface area contributed by atoms with E-state index in [4.69, 9.17) is 4.74 Å². The molecule has 1 heterocycles. The maximum Gasteiger partial charge on any atom is 0.416 e. The molecule has 1 aromatic heterocycles. The third kappa shape index (κ3) is 5.25. The summed E-state index contributed by atoms with van der Waals surface area (Å²) in [5.41, 5.74) is 0.915. The van der Waals surface area contributed by atoms with Crippen LogP contribution in [0.25, 0.3) is 0 Å². The predicted molar refractivity (Wildman–Crippen MR) is 104 cm³/mol. The van der Waals surface area contributed by atoms with E-state index in [1.807, 2.05) is 12.1 Å². The van der Waals surface area contributed by atoms with Gasteiger partial charge in [-0.15, -0.1) is 0 Å². The lowest BCUT2D eigenvalue weighted by Gasteiger charge is -2.14. The summed E-state index contributed by atoms with van der Waals surface area (Å²) in [5, 5.41) is 5.68. The van der Waals surface area contributed by atoms with Gasteiger partial charge in [-0.1, -0.05) is 12.1 Å². The monoisotopic (exact) mass is 401 g/mol. The molecule has 29 heavy (non-hydrogen) atoms. The van der Waals surface area contributed by atoms with Crippen molar-refractivity contribution < 1.29 is 22.7 Å². The van der Waals surface area contributed by atoms with Crippen molar-refractivity contribution in [2.45, 2.75) is 12.7 Å². The van der Waals surface area contributed by atoms with Crippen molar-refractivity contribution in [3.8, 4) is 5.75 Å². The number of para-hydroxylation sites is 1. The molecular formula is C21H18F3N3O2. The molecule has 0 radical (unpaired) electrons. The number of methoxy groups -OCH3 is 1. The molecule has 2 aromatic carbocycles. The van der Waals surface area contributed by atoms with Gasteiger partial charge in [0, 0.05) is 36.4 Å². The van der Waals surface area contributed by atoms with E-state index < -0.39 is 17.6 Å². The van der Waals surface area contributed by atoms with E-state index in [9.17, 15) is 18.0 Å². The van der Waals surface area contributed by atoms with E-state index in [1.54, 1.807) is 36.7 Å². The maximum atomic E-state index is 13.1. The van der Waals surface area contributed by atoms with Crippen LogP contribution >= 0.6 is 0 Å². The first-order chi connectivity index (χ1) is 13.9. The smallest absolute Gasteiger partial charge is 0.416 e. The number of carbonyl (C=O) groups is 1. The van der Waals surface area contributed by atoms with Gasteiger partial charge in [-0.05, 0) is 42.0 Å². The second-order valence-electron chi connectivity index (χ2n) is 6.16. The number of nitrogens with one attached hydrogen (secondary N) is 2. The summed E-state index contributed by atoms with van der Waals surface area (Å²) in [5.74, 6) is -0.538. The summed E-state index contributed by atoms with van der Waals surface area (Å²) < 4.78 is 44.2. The van der Waals surface area contributed by atoms with Gasteiger partial charge in [0.2, 0.25) is 0 Å². The Balaban J connectivity index is 1.81. The van der Waals surface area contributed by atoms with Gasteiger partial charge in [-0.3, -0.25) is 9.78 Å². The number of hydrogen-bond donors (Lipinski definition) is 2. The van der Waals surface area contributed by atoms with Crippen molar-refractivity contribution in [1.82, 2.24) is 4.98 Å². The Labute approximate surface area is 165 Å². The van der Waals surface area contributed by atoms with Crippen LogP contribution in [0.5, 0.6) is 5.75 Å². The van der Waals surface area contributed by atoms with Gasteiger partial charge >= 0.3 is 6.18 Å². The van der Waals surface area contributed by atoms with Gasteiger partial charge in [0.1, 0.15) is 5.75 Å². The summed E-state index contributed by atoms with van der Waals surface area (Å²) in [6.07, 6.45) is -1.23. The SMILES string of the molecule is COc1cc(NC(=O)c2ccccc2NCc2ccncc2)cc(C(F)(F)F)c1. The minimum atomic E-state index is -4.56. The van der Waals surface area contributed by atoms with Crippen molar-refractivity contribution in [3.05, 3.63) is 83.7 Å². The molecule has 150 valence electrons. The number of aromatic nitrogens is 1. The molecule has 8 heteroatoms. The van der Waals surface area contributed by atoms with Gasteiger partial charge in [0.05, 0.1) is 18.2 Å². The Morgan fingerprint density at radius 1 is 1.07 bits per heavy atom. The lowest BCUT2D eigenvalue weighted by Crippen LogP contribution is -2.16. The van der Waals surface area contributed by atoms with Crippen LogP contribution < -0.4 is 15.4 Å². The maximum absolute atomic E-state index is 13.1. The first-order valence-corrected chi connectivity index (χ1v) is 8.66. The highest BCUT2D eigenvalue weighted by molar-refractivity contribution is 6.08. The number of benzene rings is 2. The number of pyridine rings is 1. The average Bonchev–Trinajstić information content (AvgIpc) is 2.72. The molecule has 0 saturated carbocycles. The first kappa shape index (κ1) is 20.2. The average molecular weight is 401 g/mol. The molecule has 0 fully saturated rings. The zero-order valence-electron chi connectivity index (χ0n) is 15.5. The van der Waals surface area contributed by atoms with E-state index in [2.05, 4.69) is 15.6 Å². The number of hydrogen-bond acceptors (Lipinski definition) is 4. The second-order valence-corrected chi connectivity index (χ2v) is 6.16. The Kier molecular flexibility index (Phi) is 6.01. The molecular weight excluding hydrogens is 383 g/mol. The van der Waals surface area contributed by atoms with Gasteiger partial charge in [0.15, 0.2) is 0 Å². The second kappa shape index (κ2) is 8.64. The highest BCUT2D eigenvalue weighted by atomic mass is 19.4. The molecule has 0 atom stereocenters. The lowest BCUT2D eigenvalue weighted by molar-refractivity contribution is -0.137. The Morgan fingerprint density at radius 3 is 2.48 bits per heavy atom. The van der Waals surface area contributed by atoms with Crippen LogP contribution in [-0.2, 0) is 12.7 Å². The van der Waals surface area contributed by atoms with Crippen LogP contribution in [0.15, 0.2) is 67.0 Å². The fourth-order valence-electron chi connectivity index (χ4n) is 2.68. The van der Waals surface area contributed by atoms with Crippen molar-refractivity contribution in [2.24, 2.45) is 0 Å². The number of halogens is 3. The molecule has 3 aromatic rings. The molecule has 3 rings (SSSR count). The zero-order chi connectivity index (χ0) is 20.9. The normalized spacial score (nSPS) is 11.0. The van der Waals surface area contributed by atoms with E-state index in [-0.39, 0.29) is 11.4 Å². The first-order valence-electron chi connectivity index (χ1n) is 8.66. The van der Waals surface area contributed by atoms with E-state index in [0.717, 1.165) is 17.7 Å². The van der Waals surface area contributed by atoms with E-state index in [0.29, 0.717) is 17.8 Å². The summed E-state index contributed by atoms with van der Waals surface area (Å²) in [7, 11) is 1.26. The highest BCUT2D eigenvalue weighted by Crippen LogP contribution is 2.34. The molecule has 5 nitrogen and oxygen atoms in total. The summed E-state index contributed by atoms with van der Waals surface area (Å²) in [6, 6.07) is 13.5. The number of alkyl halides is 3. The third-order valence-electron chi connectivity index (χ3n) is 4.13. The fraction of sp³-hybridized carbons (Fsp3) is 0.143. The third-order valence-corrected chi connectivity index (χ3v) is 4.13. The number of anilines is 2. The van der Waals surface area contributed by atoms with E-state index in [1.165, 1.54) is 13.2 Å². The Morgan fingerprint density at radius 2 is 1.79 bits per heavy atom. The molecule has 0 spiro atoms. The van der Waals surface area contributed by atoms with Crippen LogP contribution in [0, 0.1) is 0 Å². The van der Waals surface area contributed by atoms with Crippen molar-refractivity contribution >= 4 is 17.3 Å². The fourth-order valence-corrected chi connectivity index (χ4v) is 2.68. The molecule has 0 aliphatic carbocycles. The van der Waals surface area contributed by atoms with Gasteiger partial charge in [-0.25, -0.2) is 0 Å². The molecule has 0 saturated heterocycles. The molecule has 0 aliphatic rings. The molecule has 1 amide bonds. The van der Waals surface area contributed by atoms with Crippen LogP contribution in [0.1, 0.15) is 21.5 Å². The van der Waals surface area contributed by atoms with Crippen molar-refractivity contribution in [3.63, 3.8) is 0 Å². The molecule has 0 unspecified atom stereocenters. The van der Waals surface area contributed by atoms with Crippen LogP contribution in [-0.4, -0.2) is 18.0 Å². The zero-order valence-corrected chi connectivity index (χ0v) is 15.5. The minimum absolute atomic E-state index is 0.000720. The highest BCUT2D eigenvalue weighted by Gasteiger charge is 2.31. The van der Waals surface area contributed by atoms with E-state index >= 15 is 0 Å². The standard InChI is InChI=1S/C21H18F3N3O2/c1-29-17-11-15(21(22,23)24)10-16(12-17)27-20(28)18-4-2-3-5-19(18)26-13-14-6-8-25-9-7-14/h2-12,26H,13H2,1H3,(H,27,28). The summed E-state index contributed by atoms with van der Waals surface area (Å²) in [4.78, 5) is 16.7. The quantitative estimate of drug-likeness (QED) is 0.612. The Bertz CT molecular complexity index is 992. The number of rotatable bonds is 6. The largest absolute Gasteiger partial charge is 0.497 e. The molecule has 0 bridgehead atoms. The predicted octanol–water partition coefficient (Wildman–Crippen LogP) is 4.97. The lowest BCUT2D eigenvalue weighted by atomic mass is 10.1. The van der Waals surface area contributed by atoms with Gasteiger partial charge in [-0.2, -0.15) is 13.2 Å². The summed E-state index contributed by atoms with van der Waals surface area (Å²) in [6.45, 7) is 0.462. The van der Waals surface area contributed by atoms with Gasteiger partial charge < -0.3 is 15.4 Å². The number of amides is 1. The number of nitrogens with zero attached hydrogens (tertiary/aromatic N) is 1. The van der Waals surface area contributed by atoms with Crippen molar-refractivity contribution in [1.29, 1.82) is 0 Å². The molecule has 0 aliphatic heterocycles. The van der Waals surface area contributed by atoms with Crippen LogP contribution in [0.3, 0.4) is 0 Å². The summed E-state index contributed by atoms with van der Waals surface area (Å²) >= 11 is 0. The van der Waals surface area contributed by atoms with Crippen molar-refractivity contribution in [2.75, 3.05) is 17.7 Å². The topological polar surface area (TPSA) is 63.2 Å². The van der Waals surface area contributed by atoms with Crippen LogP contribution in [0.4, 0.5) is 24.5 Å². The van der Waals surface area contributed by atoms with Crippen LogP contribution in [0.2, 0.25) is 0 Å². The minimum Gasteiger partial charge on any atom is -0.497 e. The number of carbonyl (C=O) groups excluding carboxylic acids is 1.